The van der Waals surface area contributed by atoms with E-state index in [1.807, 2.05) is 0 Å². The summed E-state index contributed by atoms with van der Waals surface area (Å²) in [5.74, 6) is 1.88. The molecule has 10 aromatic rings. The molecule has 10 rings (SSSR count). The van der Waals surface area contributed by atoms with Gasteiger partial charge in [0, 0.05) is 43.9 Å². The lowest BCUT2D eigenvalue weighted by atomic mass is 9.85. The first-order chi connectivity index (χ1) is 34.4. The molecular formula is C69H77N5. The van der Waals surface area contributed by atoms with Crippen molar-refractivity contribution >= 4 is 43.6 Å². The van der Waals surface area contributed by atoms with E-state index in [0.717, 1.165) is 50.1 Å². The van der Waals surface area contributed by atoms with E-state index in [1.165, 1.54) is 54.9 Å². The molecule has 0 aliphatic heterocycles. The van der Waals surface area contributed by atoms with E-state index in [2.05, 4.69) is 273 Å². The first-order valence-electron chi connectivity index (χ1n) is 26.8. The highest BCUT2D eigenvalue weighted by Crippen LogP contribution is 2.43. The van der Waals surface area contributed by atoms with Crippen LogP contribution in [0.2, 0.25) is 0 Å². The Balaban J connectivity index is 1.32. The number of aromatic nitrogens is 5. The first kappa shape index (κ1) is 50.7. The number of rotatable bonds is 5. The SMILES string of the molecule is CC(C)(C)c1ccc(-c2nc(-c3ccc(C(C)(C)C)cc3)nc(-c3cc(-n4c5ccc(C(C)(C)C)cc5c5cc(C(C)(C)C)ccc54)ccc3-n3c4ccc(C(C)(C)C)cc4c4cc(C(C)(C)C)ccc43)n2)cc1. The van der Waals surface area contributed by atoms with Gasteiger partial charge in [0.05, 0.1) is 27.8 Å². The van der Waals surface area contributed by atoms with Crippen LogP contribution in [-0.4, -0.2) is 24.1 Å². The van der Waals surface area contributed by atoms with E-state index in [1.54, 1.807) is 0 Å². The average Bonchev–Trinajstić information content (AvgIpc) is 3.83. The standard InChI is InChI=1S/C69H77N5/c1-64(2,3)44-23-19-42(20-24-44)61-70-62(43-21-25-45(26-22-43)65(4,5)6)72-63(71-61)55-41-50(73-56-32-27-46(66(7,8)9)37-51(56)52-38-47(67(10,11)12)28-33-57(52)73)31-36-60(55)74-58-34-29-48(68(13,14)15)39-53(58)54-40-49(69(16,17)18)30-35-59(54)74/h19-41H,1-18H3. The van der Waals surface area contributed by atoms with Gasteiger partial charge in [0.2, 0.25) is 0 Å². The number of fused-ring (bicyclic) bond motifs is 6. The molecule has 0 atom stereocenters. The van der Waals surface area contributed by atoms with Gasteiger partial charge in [0.1, 0.15) is 0 Å². The Morgan fingerprint density at radius 2 is 0.554 bits per heavy atom. The van der Waals surface area contributed by atoms with Crippen molar-refractivity contribution in [3.8, 4) is 45.5 Å². The quantitative estimate of drug-likeness (QED) is 0.173. The van der Waals surface area contributed by atoms with Crippen molar-refractivity contribution in [1.82, 2.24) is 24.1 Å². The van der Waals surface area contributed by atoms with E-state index in [9.17, 15) is 0 Å². The fourth-order valence-electron chi connectivity index (χ4n) is 10.5. The van der Waals surface area contributed by atoms with Gasteiger partial charge in [-0.25, -0.2) is 15.0 Å². The smallest absolute Gasteiger partial charge is 0.166 e. The maximum absolute atomic E-state index is 5.55. The average molecular weight is 976 g/mol. The fraction of sp³-hybridized carbons (Fsp3) is 0.348. The van der Waals surface area contributed by atoms with E-state index in [0.29, 0.717) is 17.5 Å². The summed E-state index contributed by atoms with van der Waals surface area (Å²) in [5, 5.41) is 4.96. The highest BCUT2D eigenvalue weighted by molar-refractivity contribution is 6.11. The van der Waals surface area contributed by atoms with Crippen molar-refractivity contribution in [3.63, 3.8) is 0 Å². The molecule has 0 aliphatic rings. The van der Waals surface area contributed by atoms with Crippen molar-refractivity contribution in [2.75, 3.05) is 0 Å². The third-order valence-electron chi connectivity index (χ3n) is 15.4. The van der Waals surface area contributed by atoms with Crippen molar-refractivity contribution in [1.29, 1.82) is 0 Å². The largest absolute Gasteiger partial charge is 0.309 e. The van der Waals surface area contributed by atoms with Crippen molar-refractivity contribution in [3.05, 3.63) is 173 Å². The molecule has 378 valence electrons. The van der Waals surface area contributed by atoms with Crippen LogP contribution in [0, 0.1) is 0 Å². The molecule has 3 heterocycles. The molecule has 74 heavy (non-hydrogen) atoms. The second-order valence-corrected chi connectivity index (χ2v) is 27.3. The molecule has 0 radical (unpaired) electrons. The molecule has 0 spiro atoms. The Kier molecular flexibility index (Phi) is 11.9. The van der Waals surface area contributed by atoms with Crippen molar-refractivity contribution in [2.24, 2.45) is 0 Å². The lowest BCUT2D eigenvalue weighted by Gasteiger charge is -2.21. The van der Waals surface area contributed by atoms with Gasteiger partial charge in [0.15, 0.2) is 17.5 Å². The van der Waals surface area contributed by atoms with Gasteiger partial charge in [-0.2, -0.15) is 0 Å². The predicted octanol–water partition coefficient (Wildman–Crippen LogP) is 18.9. The normalized spacial score (nSPS) is 13.3. The lowest BCUT2D eigenvalue weighted by Crippen LogP contribution is -2.11. The second kappa shape index (κ2) is 17.4. The molecule has 0 amide bonds. The third-order valence-corrected chi connectivity index (χ3v) is 15.4. The topological polar surface area (TPSA) is 48.5 Å². The number of hydrogen-bond acceptors (Lipinski definition) is 3. The van der Waals surface area contributed by atoms with Crippen LogP contribution in [0.1, 0.15) is 158 Å². The van der Waals surface area contributed by atoms with Gasteiger partial charge in [-0.15, -0.1) is 0 Å². The number of nitrogens with zero attached hydrogens (tertiary/aromatic N) is 5. The summed E-state index contributed by atoms with van der Waals surface area (Å²) < 4.78 is 4.91. The summed E-state index contributed by atoms with van der Waals surface area (Å²) in [6.07, 6.45) is 0. The molecule has 5 heteroatoms. The van der Waals surface area contributed by atoms with E-state index in [4.69, 9.17) is 15.0 Å². The lowest BCUT2D eigenvalue weighted by molar-refractivity contribution is 0.590. The van der Waals surface area contributed by atoms with Crippen LogP contribution >= 0.6 is 0 Å². The maximum Gasteiger partial charge on any atom is 0.166 e. The van der Waals surface area contributed by atoms with Crippen LogP contribution in [0.3, 0.4) is 0 Å². The molecule has 0 saturated heterocycles. The van der Waals surface area contributed by atoms with Crippen LogP contribution in [-0.2, 0) is 32.5 Å². The third kappa shape index (κ3) is 9.26. The summed E-state index contributed by atoms with van der Waals surface area (Å²) in [6.45, 7) is 41.1. The molecule has 0 saturated carbocycles. The second-order valence-electron chi connectivity index (χ2n) is 27.3. The monoisotopic (exact) mass is 976 g/mol. The van der Waals surface area contributed by atoms with Gasteiger partial charge < -0.3 is 9.13 Å². The molecule has 3 aromatic heterocycles. The maximum atomic E-state index is 5.55. The zero-order valence-corrected chi connectivity index (χ0v) is 47.5. The van der Waals surface area contributed by atoms with Crippen molar-refractivity contribution in [2.45, 2.75) is 157 Å². The van der Waals surface area contributed by atoms with Crippen LogP contribution in [0.15, 0.2) is 140 Å². The molecule has 0 unspecified atom stereocenters. The van der Waals surface area contributed by atoms with Gasteiger partial charge in [-0.1, -0.05) is 197 Å². The minimum atomic E-state index is -0.0332. The molecule has 5 nitrogen and oxygen atoms in total. The first-order valence-corrected chi connectivity index (χ1v) is 26.8. The summed E-state index contributed by atoms with van der Waals surface area (Å²) in [6, 6.07) is 52.8. The molecule has 0 aliphatic carbocycles. The molecule has 0 fully saturated rings. The van der Waals surface area contributed by atoms with Gasteiger partial charge in [-0.3, -0.25) is 0 Å². The zero-order valence-electron chi connectivity index (χ0n) is 47.5. The summed E-state index contributed by atoms with van der Waals surface area (Å²) in [4.78, 5) is 16.4. The van der Waals surface area contributed by atoms with Gasteiger partial charge in [0.25, 0.3) is 0 Å². The minimum Gasteiger partial charge on any atom is -0.309 e. The highest BCUT2D eigenvalue weighted by atomic mass is 15.1. The zero-order chi connectivity index (χ0) is 53.2. The van der Waals surface area contributed by atoms with E-state index >= 15 is 0 Å². The molecule has 0 bridgehead atoms. The Morgan fingerprint density at radius 1 is 0.270 bits per heavy atom. The molecule has 0 N–H and O–H groups in total. The van der Waals surface area contributed by atoms with Crippen LogP contribution in [0.5, 0.6) is 0 Å². The van der Waals surface area contributed by atoms with Crippen LogP contribution in [0.25, 0.3) is 89.2 Å². The van der Waals surface area contributed by atoms with Gasteiger partial charge in [-0.05, 0) is 133 Å². The molecule has 7 aromatic carbocycles. The van der Waals surface area contributed by atoms with Crippen LogP contribution < -0.4 is 0 Å². The van der Waals surface area contributed by atoms with Crippen molar-refractivity contribution < 1.29 is 0 Å². The van der Waals surface area contributed by atoms with Gasteiger partial charge >= 0.3 is 0 Å². The predicted molar refractivity (Wildman–Crippen MR) is 317 cm³/mol. The Morgan fingerprint density at radius 3 is 0.865 bits per heavy atom. The van der Waals surface area contributed by atoms with Crippen LogP contribution in [0.4, 0.5) is 0 Å². The fourth-order valence-corrected chi connectivity index (χ4v) is 10.5. The Hall–Kier alpha value is -6.85. The Labute approximate surface area is 441 Å². The summed E-state index contributed by atoms with van der Waals surface area (Å²) in [5.41, 5.74) is 17.1. The highest BCUT2D eigenvalue weighted by Gasteiger charge is 2.27. The number of benzene rings is 7. The number of hydrogen-bond donors (Lipinski definition) is 0. The molecular weight excluding hydrogens is 899 g/mol. The minimum absolute atomic E-state index is 0.00285. The Bertz CT molecular complexity index is 3580. The van der Waals surface area contributed by atoms with E-state index in [-0.39, 0.29) is 32.5 Å². The summed E-state index contributed by atoms with van der Waals surface area (Å²) >= 11 is 0. The summed E-state index contributed by atoms with van der Waals surface area (Å²) in [7, 11) is 0. The van der Waals surface area contributed by atoms with E-state index < -0.39 is 0 Å².